The Morgan fingerprint density at radius 1 is 1.41 bits per heavy atom. The van der Waals surface area contributed by atoms with Crippen LogP contribution >= 0.6 is 0 Å². The van der Waals surface area contributed by atoms with Crippen molar-refractivity contribution in [3.05, 3.63) is 23.8 Å². The summed E-state index contributed by atoms with van der Waals surface area (Å²) >= 11 is 0. The molecule has 0 aromatic heterocycles. The molecule has 0 saturated carbocycles. The number of ether oxygens (including phenoxy) is 1. The molecule has 0 radical (unpaired) electrons. The Morgan fingerprint density at radius 2 is 2.06 bits per heavy atom. The zero-order valence-electron chi connectivity index (χ0n) is 9.76. The zero-order valence-corrected chi connectivity index (χ0v) is 10.6. The lowest BCUT2D eigenvalue weighted by molar-refractivity contribution is 0.0989. The molecule has 0 fully saturated rings. The first-order valence-electron chi connectivity index (χ1n) is 4.98. The number of hydrogen-bond donors (Lipinski definition) is 1. The van der Waals surface area contributed by atoms with Gasteiger partial charge in [-0.2, -0.15) is 0 Å². The van der Waals surface area contributed by atoms with Gasteiger partial charge in [-0.15, -0.1) is 0 Å². The topological polar surface area (TPSA) is 86.5 Å². The van der Waals surface area contributed by atoms with Crippen LogP contribution in [0.1, 0.15) is 16.8 Å². The summed E-state index contributed by atoms with van der Waals surface area (Å²) in [5.74, 6) is 0.0383. The predicted octanol–water partition coefficient (Wildman–Crippen LogP) is 0.895. The van der Waals surface area contributed by atoms with E-state index in [1.807, 2.05) is 0 Å². The van der Waals surface area contributed by atoms with Gasteiger partial charge in [-0.1, -0.05) is 0 Å². The molecule has 1 aromatic carbocycles. The van der Waals surface area contributed by atoms with Crippen molar-refractivity contribution in [2.75, 3.05) is 24.9 Å². The SMILES string of the molecule is COc1ccc(N)c(C(=O)CCS(C)(=O)=O)c1. The van der Waals surface area contributed by atoms with E-state index in [9.17, 15) is 13.2 Å². The summed E-state index contributed by atoms with van der Waals surface area (Å²) in [4.78, 5) is 11.8. The van der Waals surface area contributed by atoms with Crippen molar-refractivity contribution < 1.29 is 17.9 Å². The van der Waals surface area contributed by atoms with Gasteiger partial charge in [0, 0.05) is 23.9 Å². The summed E-state index contributed by atoms with van der Waals surface area (Å²) in [6.07, 6.45) is 1.02. The Kier molecular flexibility index (Phi) is 4.11. The number of carbonyl (C=O) groups is 1. The highest BCUT2D eigenvalue weighted by molar-refractivity contribution is 7.90. The van der Waals surface area contributed by atoms with Gasteiger partial charge in [-0.3, -0.25) is 4.79 Å². The van der Waals surface area contributed by atoms with E-state index in [0.717, 1.165) is 6.26 Å². The summed E-state index contributed by atoms with van der Waals surface area (Å²) in [6.45, 7) is 0. The number of anilines is 1. The number of rotatable bonds is 5. The van der Waals surface area contributed by atoms with Gasteiger partial charge in [0.1, 0.15) is 15.6 Å². The monoisotopic (exact) mass is 257 g/mol. The number of sulfone groups is 1. The third-order valence-electron chi connectivity index (χ3n) is 2.26. The number of ketones is 1. The van der Waals surface area contributed by atoms with Crippen LogP contribution in [0.4, 0.5) is 5.69 Å². The fourth-order valence-corrected chi connectivity index (χ4v) is 1.87. The first kappa shape index (κ1) is 13.5. The third-order valence-corrected chi connectivity index (χ3v) is 3.21. The molecule has 6 heteroatoms. The lowest BCUT2D eigenvalue weighted by Gasteiger charge is -2.07. The van der Waals surface area contributed by atoms with Crippen molar-refractivity contribution in [3.63, 3.8) is 0 Å². The molecule has 0 unspecified atom stereocenters. The van der Waals surface area contributed by atoms with Gasteiger partial charge in [0.25, 0.3) is 0 Å². The van der Waals surface area contributed by atoms with Gasteiger partial charge >= 0.3 is 0 Å². The van der Waals surface area contributed by atoms with Gasteiger partial charge in [0.15, 0.2) is 5.78 Å². The van der Waals surface area contributed by atoms with E-state index in [4.69, 9.17) is 10.5 Å². The van der Waals surface area contributed by atoms with E-state index in [-0.39, 0.29) is 18.0 Å². The molecule has 2 N–H and O–H groups in total. The molecule has 1 aromatic rings. The maximum Gasteiger partial charge on any atom is 0.166 e. The summed E-state index contributed by atoms with van der Waals surface area (Å²) in [6, 6.07) is 4.72. The Hall–Kier alpha value is -1.56. The van der Waals surface area contributed by atoms with Crippen molar-refractivity contribution in [2.45, 2.75) is 6.42 Å². The Labute approximate surface area is 100 Å². The van der Waals surface area contributed by atoms with E-state index in [0.29, 0.717) is 17.0 Å². The molecule has 0 aliphatic rings. The number of Topliss-reactive ketones (excluding diaryl/α,β-unsaturated/α-hetero) is 1. The van der Waals surface area contributed by atoms with E-state index >= 15 is 0 Å². The quantitative estimate of drug-likeness (QED) is 0.625. The molecule has 0 heterocycles. The standard InChI is InChI=1S/C11H15NO4S/c1-16-8-3-4-10(12)9(7-8)11(13)5-6-17(2,14)15/h3-4,7H,5-6,12H2,1-2H3. The number of hydrogen-bond acceptors (Lipinski definition) is 5. The fraction of sp³-hybridized carbons (Fsp3) is 0.364. The van der Waals surface area contributed by atoms with Crippen LogP contribution in [0.25, 0.3) is 0 Å². The number of nitrogens with two attached hydrogens (primary N) is 1. The van der Waals surface area contributed by atoms with E-state index < -0.39 is 9.84 Å². The Bertz CT molecular complexity index is 522. The molecule has 0 aliphatic heterocycles. The summed E-state index contributed by atoms with van der Waals surface area (Å²) in [5.41, 5.74) is 6.28. The Balaban J connectivity index is 2.88. The largest absolute Gasteiger partial charge is 0.497 e. The fourth-order valence-electron chi connectivity index (χ4n) is 1.32. The third kappa shape index (κ3) is 4.07. The first-order valence-corrected chi connectivity index (χ1v) is 7.04. The van der Waals surface area contributed by atoms with Gasteiger partial charge in [0.2, 0.25) is 0 Å². The number of carbonyl (C=O) groups excluding carboxylic acids is 1. The minimum Gasteiger partial charge on any atom is -0.497 e. The minimum atomic E-state index is -3.15. The number of nitrogen functional groups attached to an aromatic ring is 1. The van der Waals surface area contributed by atoms with E-state index in [2.05, 4.69) is 0 Å². The van der Waals surface area contributed by atoms with Crippen LogP contribution in [0.15, 0.2) is 18.2 Å². The van der Waals surface area contributed by atoms with Crippen LogP contribution < -0.4 is 10.5 Å². The Morgan fingerprint density at radius 3 is 2.59 bits per heavy atom. The minimum absolute atomic E-state index is 0.0732. The average molecular weight is 257 g/mol. The molecule has 0 atom stereocenters. The predicted molar refractivity (Wildman–Crippen MR) is 66.1 cm³/mol. The first-order chi connectivity index (χ1) is 7.83. The van der Waals surface area contributed by atoms with Gasteiger partial charge in [-0.05, 0) is 18.2 Å². The molecule has 5 nitrogen and oxygen atoms in total. The van der Waals surface area contributed by atoms with Gasteiger partial charge in [-0.25, -0.2) is 8.42 Å². The normalized spacial score (nSPS) is 11.2. The van der Waals surface area contributed by atoms with Crippen LogP contribution in [-0.4, -0.2) is 33.3 Å². The highest BCUT2D eigenvalue weighted by Crippen LogP contribution is 2.20. The number of benzene rings is 1. The molecular formula is C11H15NO4S. The second-order valence-electron chi connectivity index (χ2n) is 3.76. The van der Waals surface area contributed by atoms with Crippen molar-refractivity contribution >= 4 is 21.3 Å². The zero-order chi connectivity index (χ0) is 13.1. The van der Waals surface area contributed by atoms with Crippen molar-refractivity contribution in [1.29, 1.82) is 0 Å². The molecule has 0 aliphatic carbocycles. The molecule has 0 bridgehead atoms. The smallest absolute Gasteiger partial charge is 0.166 e. The van der Waals surface area contributed by atoms with Gasteiger partial charge < -0.3 is 10.5 Å². The van der Waals surface area contributed by atoms with Crippen LogP contribution in [0.5, 0.6) is 5.75 Å². The second kappa shape index (κ2) is 5.18. The summed E-state index contributed by atoms with van der Waals surface area (Å²) in [7, 11) is -1.67. The van der Waals surface area contributed by atoms with Crippen molar-refractivity contribution in [2.24, 2.45) is 0 Å². The maximum atomic E-state index is 11.8. The second-order valence-corrected chi connectivity index (χ2v) is 6.02. The lowest BCUT2D eigenvalue weighted by atomic mass is 10.1. The molecular weight excluding hydrogens is 242 g/mol. The highest BCUT2D eigenvalue weighted by Gasteiger charge is 2.13. The maximum absolute atomic E-state index is 11.8. The van der Waals surface area contributed by atoms with Crippen LogP contribution in [0, 0.1) is 0 Å². The van der Waals surface area contributed by atoms with Crippen LogP contribution in [-0.2, 0) is 9.84 Å². The molecule has 0 saturated heterocycles. The summed E-state index contributed by atoms with van der Waals surface area (Å²) < 4.78 is 26.9. The molecule has 0 spiro atoms. The summed E-state index contributed by atoms with van der Waals surface area (Å²) in [5, 5.41) is 0. The molecule has 17 heavy (non-hydrogen) atoms. The molecule has 1 rings (SSSR count). The van der Waals surface area contributed by atoms with Crippen molar-refractivity contribution in [1.82, 2.24) is 0 Å². The average Bonchev–Trinajstić information content (AvgIpc) is 2.25. The van der Waals surface area contributed by atoms with Gasteiger partial charge in [0.05, 0.1) is 12.9 Å². The molecule has 0 amide bonds. The van der Waals surface area contributed by atoms with Crippen LogP contribution in [0.3, 0.4) is 0 Å². The number of methoxy groups -OCH3 is 1. The van der Waals surface area contributed by atoms with Crippen LogP contribution in [0.2, 0.25) is 0 Å². The van der Waals surface area contributed by atoms with E-state index in [1.165, 1.54) is 13.2 Å². The van der Waals surface area contributed by atoms with E-state index in [1.54, 1.807) is 12.1 Å². The lowest BCUT2D eigenvalue weighted by Crippen LogP contribution is -2.11. The highest BCUT2D eigenvalue weighted by atomic mass is 32.2. The molecule has 94 valence electrons. The van der Waals surface area contributed by atoms with Crippen molar-refractivity contribution in [3.8, 4) is 5.75 Å².